The number of nitrogens with zero attached hydrogens (tertiary/aromatic N) is 1. The van der Waals surface area contributed by atoms with Crippen molar-refractivity contribution in [1.82, 2.24) is 10.2 Å². The van der Waals surface area contributed by atoms with E-state index in [1.54, 1.807) is 6.07 Å². The molecule has 0 bridgehead atoms. The van der Waals surface area contributed by atoms with Crippen LogP contribution in [0.15, 0.2) is 35.5 Å². The molecule has 164 valence electrons. The van der Waals surface area contributed by atoms with Crippen LogP contribution in [0, 0.1) is 11.2 Å². The van der Waals surface area contributed by atoms with E-state index in [4.69, 9.17) is 0 Å². The summed E-state index contributed by atoms with van der Waals surface area (Å²) in [5.41, 5.74) is 5.51. The summed E-state index contributed by atoms with van der Waals surface area (Å²) in [6.45, 7) is 4.32. The number of rotatable bonds is 0. The van der Waals surface area contributed by atoms with E-state index in [-0.39, 0.29) is 29.9 Å². The van der Waals surface area contributed by atoms with Gasteiger partial charge in [-0.1, -0.05) is 31.6 Å². The number of nitrogens with one attached hydrogen (secondary N) is 1. The van der Waals surface area contributed by atoms with Crippen molar-refractivity contribution in [1.29, 1.82) is 0 Å². The van der Waals surface area contributed by atoms with E-state index in [1.165, 1.54) is 11.6 Å². The van der Waals surface area contributed by atoms with Gasteiger partial charge in [-0.2, -0.15) is 5.10 Å². The molecular formula is C25H27F3N2O. The molecule has 0 amide bonds. The first-order valence-corrected chi connectivity index (χ1v) is 11.1. The Bertz CT molecular complexity index is 1090. The molecule has 0 unspecified atom stereocenters. The van der Waals surface area contributed by atoms with Crippen LogP contribution in [0.1, 0.15) is 74.8 Å². The van der Waals surface area contributed by atoms with E-state index < -0.39 is 11.3 Å². The van der Waals surface area contributed by atoms with Gasteiger partial charge in [0, 0.05) is 42.5 Å². The molecule has 6 heteroatoms. The maximum absolute atomic E-state index is 14.5. The second kappa shape index (κ2) is 6.81. The fraction of sp³-hybridized carbons (Fsp3) is 0.520. The lowest BCUT2D eigenvalue weighted by atomic mass is 9.58. The summed E-state index contributed by atoms with van der Waals surface area (Å²) < 4.78 is 37.5. The quantitative estimate of drug-likeness (QED) is 0.574. The molecule has 0 aliphatic heterocycles. The van der Waals surface area contributed by atoms with Gasteiger partial charge < -0.3 is 0 Å². The van der Waals surface area contributed by atoms with Crippen LogP contribution in [0.5, 0.6) is 0 Å². The normalized spacial score (nSPS) is 27.1. The minimum atomic E-state index is -2.28. The maximum atomic E-state index is 14.5. The number of hydrogen-bond donors (Lipinski definition) is 1. The van der Waals surface area contributed by atoms with E-state index >= 15 is 0 Å². The van der Waals surface area contributed by atoms with Gasteiger partial charge in [-0.15, -0.1) is 0 Å². The molecule has 0 saturated heterocycles. The number of carbonyl (C=O) groups is 1. The number of allylic oxidation sites excluding steroid dienone is 2. The fourth-order valence-corrected chi connectivity index (χ4v) is 5.95. The molecule has 1 heterocycles. The van der Waals surface area contributed by atoms with E-state index in [0.717, 1.165) is 47.2 Å². The number of ketones is 1. The van der Waals surface area contributed by atoms with Gasteiger partial charge in [-0.3, -0.25) is 9.89 Å². The number of alkyl halides is 2. The summed E-state index contributed by atoms with van der Waals surface area (Å²) in [6.07, 6.45) is 6.45. The van der Waals surface area contributed by atoms with Crippen LogP contribution in [0.4, 0.5) is 13.2 Å². The Morgan fingerprint density at radius 3 is 2.48 bits per heavy atom. The van der Waals surface area contributed by atoms with Gasteiger partial charge in [-0.25, -0.2) is 13.2 Å². The van der Waals surface area contributed by atoms with Crippen LogP contribution in [-0.2, 0) is 23.1 Å². The monoisotopic (exact) mass is 428 g/mol. The van der Waals surface area contributed by atoms with E-state index in [1.807, 2.05) is 12.3 Å². The van der Waals surface area contributed by atoms with Gasteiger partial charge in [0.25, 0.3) is 0 Å². The number of carbonyl (C=O) groups excluding carboxylic acids is 1. The van der Waals surface area contributed by atoms with Gasteiger partial charge in [0.1, 0.15) is 5.82 Å². The molecule has 31 heavy (non-hydrogen) atoms. The van der Waals surface area contributed by atoms with Crippen molar-refractivity contribution >= 4 is 5.78 Å². The van der Waals surface area contributed by atoms with Crippen LogP contribution in [0.25, 0.3) is 0 Å². The Morgan fingerprint density at radius 2 is 1.81 bits per heavy atom. The molecule has 1 atom stereocenters. The average molecular weight is 428 g/mol. The lowest BCUT2D eigenvalue weighted by molar-refractivity contribution is -0.118. The zero-order valence-electron chi connectivity index (χ0n) is 18.0. The molecular weight excluding hydrogens is 401 g/mol. The van der Waals surface area contributed by atoms with Gasteiger partial charge in [0.2, 0.25) is 5.92 Å². The molecule has 1 aromatic carbocycles. The number of hydrogen-bond acceptors (Lipinski definition) is 2. The van der Waals surface area contributed by atoms with Crippen molar-refractivity contribution in [3.63, 3.8) is 0 Å². The minimum Gasteiger partial charge on any atom is -0.294 e. The lowest BCUT2D eigenvalue weighted by Crippen LogP contribution is -2.41. The van der Waals surface area contributed by atoms with Gasteiger partial charge in [0.15, 0.2) is 5.78 Å². The Labute approximate surface area is 180 Å². The first kappa shape index (κ1) is 20.5. The van der Waals surface area contributed by atoms with Crippen molar-refractivity contribution in [2.24, 2.45) is 5.41 Å². The van der Waals surface area contributed by atoms with Crippen LogP contribution in [-0.4, -0.2) is 21.9 Å². The van der Waals surface area contributed by atoms with Crippen molar-refractivity contribution in [2.45, 2.75) is 76.6 Å². The number of halogens is 3. The third-order valence-electron chi connectivity index (χ3n) is 7.37. The Morgan fingerprint density at radius 1 is 1.06 bits per heavy atom. The zero-order valence-corrected chi connectivity index (χ0v) is 18.0. The molecule has 0 radical (unpaired) electrons. The summed E-state index contributed by atoms with van der Waals surface area (Å²) in [5.74, 6) is -2.20. The second-order valence-corrected chi connectivity index (χ2v) is 10.2. The molecule has 1 spiro atoms. The first-order chi connectivity index (χ1) is 14.6. The third-order valence-corrected chi connectivity index (χ3v) is 7.37. The van der Waals surface area contributed by atoms with Crippen molar-refractivity contribution < 1.29 is 18.0 Å². The largest absolute Gasteiger partial charge is 0.294 e. The highest BCUT2D eigenvalue weighted by Crippen LogP contribution is 2.57. The van der Waals surface area contributed by atoms with Crippen molar-refractivity contribution in [2.75, 3.05) is 0 Å². The van der Waals surface area contributed by atoms with Crippen LogP contribution in [0.3, 0.4) is 0 Å². The van der Waals surface area contributed by atoms with Gasteiger partial charge in [-0.05, 0) is 48.3 Å². The van der Waals surface area contributed by atoms with Crippen LogP contribution < -0.4 is 0 Å². The lowest BCUT2D eigenvalue weighted by Gasteiger charge is -2.43. The van der Waals surface area contributed by atoms with Crippen molar-refractivity contribution in [3.8, 4) is 0 Å². The highest BCUT2D eigenvalue weighted by atomic mass is 19.3. The number of Topliss-reactive ketones (excluding diaryl/α,β-unsaturated/α-hetero) is 1. The highest BCUT2D eigenvalue weighted by Gasteiger charge is 2.53. The number of aromatic amines is 1. The summed E-state index contributed by atoms with van der Waals surface area (Å²) in [5, 5.41) is 7.42. The molecule has 1 aromatic heterocycles. The number of fused-ring (bicyclic) bond motifs is 5. The molecule has 6 rings (SSSR count). The van der Waals surface area contributed by atoms with E-state index in [2.05, 4.69) is 24.0 Å². The molecule has 4 aliphatic rings. The number of H-pyrrole nitrogens is 1. The molecule has 1 saturated carbocycles. The summed E-state index contributed by atoms with van der Waals surface area (Å²) in [4.78, 5) is 13.2. The fourth-order valence-electron chi connectivity index (χ4n) is 5.95. The predicted molar refractivity (Wildman–Crippen MR) is 112 cm³/mol. The van der Waals surface area contributed by atoms with Gasteiger partial charge in [0.05, 0.1) is 11.6 Å². The number of aromatic nitrogens is 2. The summed E-state index contributed by atoms with van der Waals surface area (Å²) in [6, 6.07) is 5.30. The smallest absolute Gasteiger partial charge is 0.248 e. The SMILES string of the molecule is CC1(C)CC(=O)C2=C(Cc3[nH]ncc3[C@@]23CCc2c(F)cccc23)C1.FC1(F)CCC1. The standard InChI is InChI=1S/C21H21FN2O.C4H6F2/c1-20(2)9-12-8-17-15(11-23-24-17)21(19(12)18(25)10-20)7-6-13-14(21)4-3-5-16(13)22;5-4(6)2-1-3-4/h3-5,11H,6-10H2,1-2H3,(H,23,24);1-3H2/t21-;/m0./s1. The molecule has 4 aliphatic carbocycles. The summed E-state index contributed by atoms with van der Waals surface area (Å²) >= 11 is 0. The zero-order chi connectivity index (χ0) is 22.0. The maximum Gasteiger partial charge on any atom is 0.248 e. The van der Waals surface area contributed by atoms with Gasteiger partial charge >= 0.3 is 0 Å². The van der Waals surface area contributed by atoms with Crippen LogP contribution in [0.2, 0.25) is 0 Å². The van der Waals surface area contributed by atoms with Crippen molar-refractivity contribution in [3.05, 3.63) is 63.7 Å². The highest BCUT2D eigenvalue weighted by molar-refractivity contribution is 6.02. The Balaban J connectivity index is 0.000000296. The molecule has 1 fully saturated rings. The topological polar surface area (TPSA) is 45.8 Å². The summed E-state index contributed by atoms with van der Waals surface area (Å²) in [7, 11) is 0. The minimum absolute atomic E-state index is 0.0159. The molecule has 1 N–H and O–H groups in total. The number of benzene rings is 1. The molecule has 3 nitrogen and oxygen atoms in total. The first-order valence-electron chi connectivity index (χ1n) is 11.1. The molecule has 2 aromatic rings. The third kappa shape index (κ3) is 3.17. The van der Waals surface area contributed by atoms with Crippen LogP contribution >= 0.6 is 0 Å². The Hall–Kier alpha value is -2.37. The van der Waals surface area contributed by atoms with E-state index in [0.29, 0.717) is 19.3 Å². The second-order valence-electron chi connectivity index (χ2n) is 10.2. The Kier molecular flexibility index (Phi) is 4.51. The predicted octanol–water partition coefficient (Wildman–Crippen LogP) is 5.83. The van der Waals surface area contributed by atoms with E-state index in [9.17, 15) is 18.0 Å². The average Bonchev–Trinajstić information content (AvgIpc) is 3.27.